The third kappa shape index (κ3) is 4.96. The predicted octanol–water partition coefficient (Wildman–Crippen LogP) is 4.98. The van der Waals surface area contributed by atoms with Crippen molar-refractivity contribution in [1.29, 1.82) is 0 Å². The van der Waals surface area contributed by atoms with Gasteiger partial charge in [-0.3, -0.25) is 0 Å². The van der Waals surface area contributed by atoms with E-state index in [1.54, 1.807) is 6.07 Å². The Hall–Kier alpha value is -1.29. The molecular formula is C18H18ClFN2O2S3. The lowest BCUT2D eigenvalue weighted by atomic mass is 10.2. The molecule has 0 aliphatic heterocycles. The highest BCUT2D eigenvalue weighted by Crippen LogP contribution is 2.25. The minimum Gasteiger partial charge on any atom is -0.207 e. The monoisotopic (exact) mass is 444 g/mol. The van der Waals surface area contributed by atoms with E-state index < -0.39 is 16.0 Å². The van der Waals surface area contributed by atoms with E-state index in [-0.39, 0.29) is 30.2 Å². The summed E-state index contributed by atoms with van der Waals surface area (Å²) < 4.78 is 43.0. The number of nitrogens with zero attached hydrogens (tertiary/aromatic N) is 2. The van der Waals surface area contributed by atoms with Gasteiger partial charge in [0.25, 0.3) is 10.2 Å². The van der Waals surface area contributed by atoms with Gasteiger partial charge in [0.2, 0.25) is 0 Å². The lowest BCUT2D eigenvalue weighted by molar-refractivity contribution is 0.348. The van der Waals surface area contributed by atoms with Crippen LogP contribution in [-0.2, 0) is 29.8 Å². The summed E-state index contributed by atoms with van der Waals surface area (Å²) in [6, 6.07) is 11.9. The van der Waals surface area contributed by atoms with E-state index >= 15 is 0 Å². The van der Waals surface area contributed by atoms with Gasteiger partial charge in [-0.15, -0.1) is 22.7 Å². The van der Waals surface area contributed by atoms with Crippen LogP contribution >= 0.6 is 34.3 Å². The van der Waals surface area contributed by atoms with E-state index in [9.17, 15) is 12.8 Å². The fourth-order valence-electron chi connectivity index (χ4n) is 2.56. The van der Waals surface area contributed by atoms with Crippen molar-refractivity contribution < 1.29 is 12.8 Å². The average molecular weight is 445 g/mol. The zero-order chi connectivity index (χ0) is 19.4. The molecule has 0 amide bonds. The van der Waals surface area contributed by atoms with E-state index in [1.807, 2.05) is 35.0 Å². The molecule has 9 heteroatoms. The van der Waals surface area contributed by atoms with Crippen molar-refractivity contribution in [3.8, 4) is 0 Å². The molecule has 0 saturated carbocycles. The number of benzene rings is 1. The molecule has 0 atom stereocenters. The van der Waals surface area contributed by atoms with E-state index in [0.717, 1.165) is 14.1 Å². The van der Waals surface area contributed by atoms with Gasteiger partial charge < -0.3 is 0 Å². The molecule has 0 N–H and O–H groups in total. The van der Waals surface area contributed by atoms with Gasteiger partial charge in [0.1, 0.15) is 5.82 Å². The van der Waals surface area contributed by atoms with E-state index in [2.05, 4.69) is 0 Å². The lowest BCUT2D eigenvalue weighted by Crippen LogP contribution is -2.40. The minimum atomic E-state index is -3.83. The molecule has 144 valence electrons. The summed E-state index contributed by atoms with van der Waals surface area (Å²) in [4.78, 5) is 1.87. The summed E-state index contributed by atoms with van der Waals surface area (Å²) in [5.41, 5.74) is 0.164. The molecule has 2 aromatic heterocycles. The minimum absolute atomic E-state index is 0.140. The number of thiophene rings is 2. The quantitative estimate of drug-likeness (QED) is 0.491. The predicted molar refractivity (Wildman–Crippen MR) is 110 cm³/mol. The van der Waals surface area contributed by atoms with Gasteiger partial charge in [-0.05, 0) is 35.0 Å². The maximum Gasteiger partial charge on any atom is 0.282 e. The molecule has 3 rings (SSSR count). The molecule has 0 fully saturated rings. The Morgan fingerprint density at radius 1 is 0.963 bits per heavy atom. The standard InChI is InChI=1S/C18H18ClFN2O2S3/c1-21(13-16-17(19)7-2-8-18(16)20)27(23,24)22(11-14-5-3-9-25-14)12-15-6-4-10-26-15/h2-10H,11-13H2,1H3. The molecule has 0 bridgehead atoms. The first kappa shape index (κ1) is 20.4. The topological polar surface area (TPSA) is 40.6 Å². The van der Waals surface area contributed by atoms with E-state index in [0.29, 0.717) is 0 Å². The highest BCUT2D eigenvalue weighted by molar-refractivity contribution is 7.86. The molecule has 3 aromatic rings. The maximum atomic E-state index is 14.1. The molecule has 0 saturated heterocycles. The third-order valence-corrected chi connectivity index (χ3v) is 7.89. The first-order valence-corrected chi connectivity index (χ1v) is 11.6. The Morgan fingerprint density at radius 2 is 1.56 bits per heavy atom. The number of halogens is 2. The Kier molecular flexibility index (Phi) is 6.67. The van der Waals surface area contributed by atoms with Gasteiger partial charge in [0.05, 0.1) is 0 Å². The maximum absolute atomic E-state index is 14.1. The molecule has 27 heavy (non-hydrogen) atoms. The largest absolute Gasteiger partial charge is 0.282 e. The van der Waals surface area contributed by atoms with Crippen LogP contribution < -0.4 is 0 Å². The molecule has 2 heterocycles. The zero-order valence-corrected chi connectivity index (χ0v) is 17.7. The Labute approximate surface area is 171 Å². The van der Waals surface area contributed by atoms with Gasteiger partial charge in [-0.2, -0.15) is 17.0 Å². The normalized spacial score (nSPS) is 12.2. The summed E-state index contributed by atoms with van der Waals surface area (Å²) in [5.74, 6) is -0.521. The summed E-state index contributed by atoms with van der Waals surface area (Å²) >= 11 is 9.06. The second kappa shape index (κ2) is 8.81. The molecule has 0 aliphatic carbocycles. The van der Waals surface area contributed by atoms with Crippen LogP contribution in [0.1, 0.15) is 15.3 Å². The second-order valence-electron chi connectivity index (χ2n) is 5.89. The van der Waals surface area contributed by atoms with Crippen LogP contribution in [0, 0.1) is 5.82 Å². The van der Waals surface area contributed by atoms with Crippen LogP contribution in [0.4, 0.5) is 4.39 Å². The van der Waals surface area contributed by atoms with E-state index in [1.165, 1.54) is 46.2 Å². The van der Waals surface area contributed by atoms with Crippen LogP contribution in [0.2, 0.25) is 5.02 Å². The fourth-order valence-corrected chi connectivity index (χ4v) is 5.67. The Morgan fingerprint density at radius 3 is 2.04 bits per heavy atom. The van der Waals surface area contributed by atoms with Crippen molar-refractivity contribution in [2.75, 3.05) is 7.05 Å². The Balaban J connectivity index is 1.86. The molecular weight excluding hydrogens is 427 g/mol. The van der Waals surface area contributed by atoms with Gasteiger partial charge >= 0.3 is 0 Å². The van der Waals surface area contributed by atoms with Crippen molar-refractivity contribution in [3.63, 3.8) is 0 Å². The molecule has 1 aromatic carbocycles. The van der Waals surface area contributed by atoms with Gasteiger partial charge in [-0.1, -0.05) is 29.8 Å². The number of hydrogen-bond acceptors (Lipinski definition) is 4. The van der Waals surface area contributed by atoms with Crippen LogP contribution in [0.5, 0.6) is 0 Å². The molecule has 0 aliphatic rings. The molecule has 0 unspecified atom stereocenters. The van der Waals surface area contributed by atoms with Crippen LogP contribution in [0.15, 0.2) is 53.2 Å². The highest BCUT2D eigenvalue weighted by Gasteiger charge is 2.29. The first-order valence-electron chi connectivity index (χ1n) is 8.07. The summed E-state index contributed by atoms with van der Waals surface area (Å²) in [6.07, 6.45) is 0. The van der Waals surface area contributed by atoms with Crippen molar-refractivity contribution in [2.45, 2.75) is 19.6 Å². The van der Waals surface area contributed by atoms with Crippen LogP contribution in [0.25, 0.3) is 0 Å². The lowest BCUT2D eigenvalue weighted by Gasteiger charge is -2.27. The fraction of sp³-hybridized carbons (Fsp3) is 0.222. The molecule has 0 spiro atoms. The SMILES string of the molecule is CN(Cc1c(F)cccc1Cl)S(=O)(=O)N(Cc1cccs1)Cc1cccs1. The first-order chi connectivity index (χ1) is 12.9. The van der Waals surface area contributed by atoms with E-state index in [4.69, 9.17) is 11.6 Å². The smallest absolute Gasteiger partial charge is 0.207 e. The van der Waals surface area contributed by atoms with Crippen molar-refractivity contribution in [3.05, 3.63) is 79.4 Å². The third-order valence-electron chi connectivity index (χ3n) is 3.99. The number of hydrogen-bond donors (Lipinski definition) is 0. The van der Waals surface area contributed by atoms with Crippen LogP contribution in [-0.4, -0.2) is 24.1 Å². The van der Waals surface area contributed by atoms with Crippen molar-refractivity contribution in [2.24, 2.45) is 0 Å². The van der Waals surface area contributed by atoms with Crippen molar-refractivity contribution in [1.82, 2.24) is 8.61 Å². The number of rotatable bonds is 8. The highest BCUT2D eigenvalue weighted by atomic mass is 35.5. The van der Waals surface area contributed by atoms with Gasteiger partial charge in [-0.25, -0.2) is 4.39 Å². The summed E-state index contributed by atoms with van der Waals surface area (Å²) in [5, 5.41) is 4.03. The molecule has 0 radical (unpaired) electrons. The molecule has 4 nitrogen and oxygen atoms in total. The van der Waals surface area contributed by atoms with Crippen LogP contribution in [0.3, 0.4) is 0 Å². The second-order valence-corrected chi connectivity index (χ2v) is 10.4. The van der Waals surface area contributed by atoms with Crippen molar-refractivity contribution >= 4 is 44.5 Å². The Bertz CT molecular complexity index is 920. The summed E-state index contributed by atoms with van der Waals surface area (Å²) in [7, 11) is -2.39. The zero-order valence-electron chi connectivity index (χ0n) is 14.5. The summed E-state index contributed by atoms with van der Waals surface area (Å²) in [6.45, 7) is 0.375. The van der Waals surface area contributed by atoms with Gasteiger partial charge in [0, 0.05) is 47.0 Å². The average Bonchev–Trinajstić information content (AvgIpc) is 3.31. The van der Waals surface area contributed by atoms with Gasteiger partial charge in [0.15, 0.2) is 0 Å².